The Bertz CT molecular complexity index is 1250. The van der Waals surface area contributed by atoms with Gasteiger partial charge in [-0.15, -0.1) is 48.0 Å². The third kappa shape index (κ3) is 11.0. The molecule has 0 spiro atoms. The van der Waals surface area contributed by atoms with Crippen molar-refractivity contribution in [2.24, 2.45) is 7.05 Å². The van der Waals surface area contributed by atoms with Crippen molar-refractivity contribution in [2.75, 3.05) is 0 Å². The summed E-state index contributed by atoms with van der Waals surface area (Å²) in [4.78, 5) is 12.9. The first-order valence-electron chi connectivity index (χ1n) is 14.1. The number of hydrogen-bond donors (Lipinski definition) is 0. The summed E-state index contributed by atoms with van der Waals surface area (Å²) in [5, 5.41) is 4.36. The van der Waals surface area contributed by atoms with Crippen molar-refractivity contribution < 1.29 is 28.9 Å². The normalized spacial score (nSPS) is 10.5. The van der Waals surface area contributed by atoms with Crippen molar-refractivity contribution in [3.8, 4) is 22.8 Å². The van der Waals surface area contributed by atoms with E-state index in [-0.39, 0.29) is 31.5 Å². The molecule has 217 valence electrons. The van der Waals surface area contributed by atoms with Gasteiger partial charge in [0.1, 0.15) is 5.82 Å². The third-order valence-corrected chi connectivity index (χ3v) is 6.34. The number of aryl methyl sites for hydroxylation is 3. The van der Waals surface area contributed by atoms with Gasteiger partial charge in [-0.2, -0.15) is 5.10 Å². The monoisotopic (exact) mass is 724 g/mol. The van der Waals surface area contributed by atoms with Crippen LogP contribution in [0.1, 0.15) is 83.0 Å². The molecule has 4 rings (SSSR count). The summed E-state index contributed by atoms with van der Waals surface area (Å²) in [5.41, 5.74) is 2.15. The van der Waals surface area contributed by atoms with Crippen LogP contribution in [-0.4, -0.2) is 24.7 Å². The van der Waals surface area contributed by atoms with Crippen LogP contribution in [0.15, 0.2) is 48.8 Å². The predicted molar refractivity (Wildman–Crippen MR) is 152 cm³/mol. The number of aromatic nitrogens is 5. The summed E-state index contributed by atoms with van der Waals surface area (Å²) in [6.45, 7) is 4.36. The molecule has 0 aliphatic heterocycles. The summed E-state index contributed by atoms with van der Waals surface area (Å²) in [5.74, 6) is 0.701. The molecule has 0 N–H and O–H groups in total. The van der Waals surface area contributed by atoms with Crippen LogP contribution in [0.4, 0.5) is 8.78 Å². The Morgan fingerprint density at radius 2 is 1.55 bits per heavy atom. The van der Waals surface area contributed by atoms with E-state index in [2.05, 4.69) is 46.0 Å². The summed E-state index contributed by atoms with van der Waals surface area (Å²) in [7, 11) is 1.92. The van der Waals surface area contributed by atoms with Crippen molar-refractivity contribution in [1.82, 2.24) is 24.7 Å². The van der Waals surface area contributed by atoms with Crippen LogP contribution in [-0.2, 0) is 40.0 Å². The number of unbranched alkanes of at least 4 members (excludes halogenated alkanes) is 7. The van der Waals surface area contributed by atoms with E-state index in [1.807, 2.05) is 36.0 Å². The van der Waals surface area contributed by atoms with Gasteiger partial charge in [0.15, 0.2) is 0 Å². The maximum atomic E-state index is 13.7. The van der Waals surface area contributed by atoms with Gasteiger partial charge < -0.3 is 0 Å². The van der Waals surface area contributed by atoms with E-state index in [1.165, 1.54) is 44.9 Å². The smallest absolute Gasteiger partial charge is 0.140 e. The fraction of sp³-hybridized carbons (Fsp3) is 0.438. The van der Waals surface area contributed by atoms with Gasteiger partial charge in [-0.25, -0.2) is 0 Å². The molecule has 4 aromatic rings. The van der Waals surface area contributed by atoms with Crippen LogP contribution in [0.5, 0.6) is 0 Å². The van der Waals surface area contributed by atoms with Gasteiger partial charge in [-0.1, -0.05) is 70.4 Å². The number of halogens is 2. The Hall–Kier alpha value is -2.83. The second kappa shape index (κ2) is 18.5. The van der Waals surface area contributed by atoms with E-state index in [0.717, 1.165) is 60.6 Å². The van der Waals surface area contributed by atoms with Crippen LogP contribution in [0.2, 0.25) is 0 Å². The molecule has 8 heteroatoms. The van der Waals surface area contributed by atoms with Crippen LogP contribution in [0, 0.1) is 23.8 Å². The van der Waals surface area contributed by atoms with Gasteiger partial charge in [0.05, 0.1) is 11.6 Å². The number of nitrogens with zero attached hydrogens (tertiary/aromatic N) is 5. The molecular formula is C32H39F2IrN5-2. The number of benzene rings is 2. The first-order valence-corrected chi connectivity index (χ1v) is 14.1. The van der Waals surface area contributed by atoms with E-state index in [9.17, 15) is 8.78 Å². The molecule has 0 aliphatic carbocycles. The SMILES string of the molecule is CCCCCCCCCCc1cnc(-c2[c-]cc(F)cc2F)nc1.CCCc1nc(-c2[c-]cccc2)n(C)n1.[Ir]. The molecule has 0 fully saturated rings. The summed E-state index contributed by atoms with van der Waals surface area (Å²) in [6, 6.07) is 15.5. The van der Waals surface area contributed by atoms with Gasteiger partial charge in [0.2, 0.25) is 0 Å². The first-order chi connectivity index (χ1) is 19.0. The van der Waals surface area contributed by atoms with Crippen molar-refractivity contribution in [2.45, 2.75) is 84.5 Å². The first kappa shape index (κ1) is 33.4. The van der Waals surface area contributed by atoms with Crippen molar-refractivity contribution in [1.29, 1.82) is 0 Å². The zero-order valence-electron chi connectivity index (χ0n) is 23.7. The van der Waals surface area contributed by atoms with Gasteiger partial charge in [0.25, 0.3) is 0 Å². The number of rotatable bonds is 13. The van der Waals surface area contributed by atoms with Crippen molar-refractivity contribution in [3.63, 3.8) is 0 Å². The number of hydrogen-bond acceptors (Lipinski definition) is 4. The van der Waals surface area contributed by atoms with Crippen molar-refractivity contribution >= 4 is 0 Å². The topological polar surface area (TPSA) is 56.5 Å². The average molecular weight is 724 g/mol. The molecule has 0 unspecified atom stereocenters. The molecule has 5 nitrogen and oxygen atoms in total. The minimum Gasteiger partial charge on any atom is -0.289 e. The molecule has 1 radical (unpaired) electrons. The van der Waals surface area contributed by atoms with Gasteiger partial charge in [-0.3, -0.25) is 28.4 Å². The standard InChI is InChI=1S/C20H25F2N2.C12H14N3.Ir/c1-2-3-4-5-6-7-8-9-10-16-14-23-20(24-15-16)18-12-11-17(21)13-19(18)22;1-3-7-11-13-12(15(2)14-11)10-8-5-4-6-9-10;/h11,13-15H,2-10H2,1H3;4-6,8H,3,7H2,1-2H3;/q2*-1;. The molecule has 0 bridgehead atoms. The average Bonchev–Trinajstić information content (AvgIpc) is 3.31. The zero-order valence-corrected chi connectivity index (χ0v) is 26.1. The van der Waals surface area contributed by atoms with E-state index in [0.29, 0.717) is 0 Å². The Kier molecular flexibility index (Phi) is 15.4. The van der Waals surface area contributed by atoms with E-state index < -0.39 is 11.6 Å². The molecule has 0 saturated heterocycles. The van der Waals surface area contributed by atoms with Gasteiger partial charge in [-0.05, 0) is 24.8 Å². The second-order valence-corrected chi connectivity index (χ2v) is 9.68. The largest absolute Gasteiger partial charge is 0.289 e. The molecule has 0 saturated carbocycles. The molecule has 0 aliphatic rings. The minimum absolute atomic E-state index is 0. The maximum absolute atomic E-state index is 13.7. The fourth-order valence-electron chi connectivity index (χ4n) is 4.23. The molecule has 2 aromatic carbocycles. The Morgan fingerprint density at radius 1 is 0.850 bits per heavy atom. The predicted octanol–water partition coefficient (Wildman–Crippen LogP) is 8.14. The van der Waals surface area contributed by atoms with E-state index in [4.69, 9.17) is 0 Å². The van der Waals surface area contributed by atoms with Crippen LogP contribution < -0.4 is 0 Å². The van der Waals surface area contributed by atoms with E-state index >= 15 is 0 Å². The van der Waals surface area contributed by atoms with Crippen LogP contribution in [0.25, 0.3) is 22.8 Å². The molecule has 0 amide bonds. The van der Waals surface area contributed by atoms with Crippen LogP contribution >= 0.6 is 0 Å². The third-order valence-electron chi connectivity index (χ3n) is 6.34. The molecule has 2 aromatic heterocycles. The molecule has 2 heterocycles. The summed E-state index contributed by atoms with van der Waals surface area (Å²) >= 11 is 0. The molecule has 40 heavy (non-hydrogen) atoms. The summed E-state index contributed by atoms with van der Waals surface area (Å²) in [6.07, 6.45) is 16.6. The Labute approximate surface area is 251 Å². The second-order valence-electron chi connectivity index (χ2n) is 9.68. The van der Waals surface area contributed by atoms with Gasteiger partial charge in [0, 0.05) is 57.6 Å². The molecule has 0 atom stereocenters. The summed E-state index contributed by atoms with van der Waals surface area (Å²) < 4.78 is 28.4. The molecular weight excluding hydrogens is 685 g/mol. The van der Waals surface area contributed by atoms with E-state index in [1.54, 1.807) is 12.4 Å². The zero-order chi connectivity index (χ0) is 27.9. The van der Waals surface area contributed by atoms with Crippen LogP contribution in [0.3, 0.4) is 0 Å². The maximum Gasteiger partial charge on any atom is 0.140 e. The quantitative estimate of drug-likeness (QED) is 0.103. The fourth-order valence-corrected chi connectivity index (χ4v) is 4.23. The minimum atomic E-state index is -0.689. The Balaban J connectivity index is 0.000000301. The van der Waals surface area contributed by atoms with Gasteiger partial charge >= 0.3 is 0 Å². The Morgan fingerprint density at radius 3 is 2.17 bits per heavy atom. The van der Waals surface area contributed by atoms with Crippen molar-refractivity contribution in [3.05, 3.63) is 83.9 Å².